The van der Waals surface area contributed by atoms with E-state index in [0.717, 1.165) is 35.4 Å². The van der Waals surface area contributed by atoms with E-state index in [1.807, 2.05) is 30.5 Å². The number of furan rings is 1. The molecule has 2 nitrogen and oxygen atoms in total. The minimum absolute atomic E-state index is 0.969. The highest BCUT2D eigenvalue weighted by molar-refractivity contribution is 5.92. The predicted molar refractivity (Wildman–Crippen MR) is 76.8 cm³/mol. The lowest BCUT2D eigenvalue weighted by Gasteiger charge is -2.02. The second kappa shape index (κ2) is 4.09. The number of aryl methyl sites for hydroxylation is 1. The topological polar surface area (TPSA) is 26.0 Å². The summed E-state index contributed by atoms with van der Waals surface area (Å²) in [7, 11) is 0. The molecule has 1 aliphatic rings. The molecular formula is C17H13NO. The van der Waals surface area contributed by atoms with Crippen molar-refractivity contribution < 1.29 is 4.42 Å². The van der Waals surface area contributed by atoms with Gasteiger partial charge in [0.2, 0.25) is 0 Å². The first-order valence-corrected chi connectivity index (χ1v) is 6.55. The van der Waals surface area contributed by atoms with Crippen LogP contribution in [0.4, 0.5) is 0 Å². The lowest BCUT2D eigenvalue weighted by atomic mass is 10.0. The van der Waals surface area contributed by atoms with Gasteiger partial charge in [0.15, 0.2) is 0 Å². The molecular weight excluding hydrogens is 234 g/mol. The zero-order valence-corrected chi connectivity index (χ0v) is 10.5. The molecule has 3 aromatic rings. The summed E-state index contributed by atoms with van der Waals surface area (Å²) >= 11 is 0. The van der Waals surface area contributed by atoms with Gasteiger partial charge in [-0.1, -0.05) is 18.2 Å². The van der Waals surface area contributed by atoms with Gasteiger partial charge in [-0.3, -0.25) is 4.98 Å². The van der Waals surface area contributed by atoms with Crippen LogP contribution < -0.4 is 0 Å². The number of hydrogen-bond donors (Lipinski definition) is 0. The molecule has 0 amide bonds. The van der Waals surface area contributed by atoms with Crippen LogP contribution in [-0.4, -0.2) is 4.98 Å². The molecule has 1 aliphatic carbocycles. The second-order valence-corrected chi connectivity index (χ2v) is 4.81. The number of nitrogens with zero attached hydrogens (tertiary/aromatic N) is 1. The average molecular weight is 247 g/mol. The summed E-state index contributed by atoms with van der Waals surface area (Å²) in [6.45, 7) is 0. The van der Waals surface area contributed by atoms with Crippen LogP contribution in [0.15, 0.2) is 53.1 Å². The molecule has 0 radical (unpaired) electrons. The monoisotopic (exact) mass is 247 g/mol. The lowest BCUT2D eigenvalue weighted by molar-refractivity contribution is 0.546. The van der Waals surface area contributed by atoms with Crippen molar-refractivity contribution in [1.29, 1.82) is 0 Å². The molecule has 0 N–H and O–H groups in total. The Labute approximate surface area is 111 Å². The van der Waals surface area contributed by atoms with Crippen molar-refractivity contribution in [2.24, 2.45) is 0 Å². The van der Waals surface area contributed by atoms with Crippen LogP contribution in [0, 0.1) is 0 Å². The Morgan fingerprint density at radius 2 is 2.11 bits per heavy atom. The van der Waals surface area contributed by atoms with Gasteiger partial charge in [0.05, 0.1) is 5.69 Å². The molecule has 92 valence electrons. The molecule has 0 unspecified atom stereocenters. The van der Waals surface area contributed by atoms with E-state index in [1.54, 1.807) is 0 Å². The summed E-state index contributed by atoms with van der Waals surface area (Å²) in [4.78, 5) is 4.40. The molecule has 2 heterocycles. The number of pyridine rings is 1. The van der Waals surface area contributed by atoms with Gasteiger partial charge >= 0.3 is 0 Å². The maximum absolute atomic E-state index is 5.91. The minimum Gasteiger partial charge on any atom is -0.460 e. The Balaban J connectivity index is 1.95. The fraction of sp³-hybridized carbons (Fsp3) is 0.118. The van der Waals surface area contributed by atoms with E-state index in [-0.39, 0.29) is 0 Å². The van der Waals surface area contributed by atoms with Crippen LogP contribution in [0.5, 0.6) is 0 Å². The lowest BCUT2D eigenvalue weighted by Crippen LogP contribution is -1.88. The fourth-order valence-corrected chi connectivity index (χ4v) is 2.64. The third-order valence-corrected chi connectivity index (χ3v) is 3.59. The molecule has 0 saturated carbocycles. The van der Waals surface area contributed by atoms with Crippen molar-refractivity contribution in [3.05, 3.63) is 60.0 Å². The molecule has 0 bridgehead atoms. The molecule has 2 aromatic heterocycles. The highest BCUT2D eigenvalue weighted by Gasteiger charge is 2.14. The van der Waals surface area contributed by atoms with Crippen LogP contribution >= 0.6 is 0 Å². The van der Waals surface area contributed by atoms with E-state index >= 15 is 0 Å². The molecule has 0 saturated heterocycles. The summed E-state index contributed by atoms with van der Waals surface area (Å²) in [6, 6.07) is 12.3. The quantitative estimate of drug-likeness (QED) is 0.634. The van der Waals surface area contributed by atoms with Gasteiger partial charge in [-0.25, -0.2) is 0 Å². The SMILES string of the molecule is C1=Cc2c(oc3ccc(-c4ccccn4)cc23)CC1. The molecule has 0 aliphatic heterocycles. The summed E-state index contributed by atoms with van der Waals surface area (Å²) in [5.74, 6) is 1.11. The minimum atomic E-state index is 0.969. The van der Waals surface area contributed by atoms with Gasteiger partial charge in [-0.15, -0.1) is 0 Å². The Morgan fingerprint density at radius 3 is 3.00 bits per heavy atom. The van der Waals surface area contributed by atoms with Crippen LogP contribution in [0.25, 0.3) is 28.3 Å². The molecule has 0 fully saturated rings. The first-order valence-electron chi connectivity index (χ1n) is 6.55. The van der Waals surface area contributed by atoms with Crippen LogP contribution in [-0.2, 0) is 6.42 Å². The summed E-state index contributed by atoms with van der Waals surface area (Å²) in [5.41, 5.74) is 4.34. The van der Waals surface area contributed by atoms with E-state index in [9.17, 15) is 0 Å². The molecule has 1 aromatic carbocycles. The fourth-order valence-electron chi connectivity index (χ4n) is 2.64. The van der Waals surface area contributed by atoms with Crippen molar-refractivity contribution in [2.75, 3.05) is 0 Å². The van der Waals surface area contributed by atoms with Crippen molar-refractivity contribution >= 4 is 17.0 Å². The van der Waals surface area contributed by atoms with Crippen LogP contribution in [0.3, 0.4) is 0 Å². The maximum Gasteiger partial charge on any atom is 0.134 e. The number of hydrogen-bond acceptors (Lipinski definition) is 2. The van der Waals surface area contributed by atoms with E-state index in [1.165, 1.54) is 10.9 Å². The van der Waals surface area contributed by atoms with Crippen molar-refractivity contribution in [2.45, 2.75) is 12.8 Å². The Bertz CT molecular complexity index is 769. The molecule has 4 rings (SSSR count). The summed E-state index contributed by atoms with van der Waals surface area (Å²) in [6.07, 6.45) is 8.28. The molecule has 0 spiro atoms. The van der Waals surface area contributed by atoms with Gasteiger partial charge in [-0.2, -0.15) is 0 Å². The second-order valence-electron chi connectivity index (χ2n) is 4.81. The standard InChI is InChI=1S/C17H13NO/c1-2-7-16-13(5-1)14-11-12(8-9-17(14)19-16)15-6-3-4-10-18-15/h1,3-6,8-11H,2,7H2. The largest absolute Gasteiger partial charge is 0.460 e. The third kappa shape index (κ3) is 1.68. The Kier molecular flexibility index (Phi) is 2.27. The number of aromatic nitrogens is 1. The van der Waals surface area contributed by atoms with Crippen molar-refractivity contribution in [3.63, 3.8) is 0 Å². The van der Waals surface area contributed by atoms with Gasteiger partial charge in [0, 0.05) is 29.1 Å². The van der Waals surface area contributed by atoms with E-state index in [4.69, 9.17) is 4.42 Å². The van der Waals surface area contributed by atoms with Crippen LogP contribution in [0.2, 0.25) is 0 Å². The van der Waals surface area contributed by atoms with Gasteiger partial charge in [0.1, 0.15) is 11.3 Å². The summed E-state index contributed by atoms with van der Waals surface area (Å²) < 4.78 is 5.91. The number of rotatable bonds is 1. The number of allylic oxidation sites excluding steroid dienone is 1. The first-order chi connectivity index (χ1) is 9.42. The third-order valence-electron chi connectivity index (χ3n) is 3.59. The van der Waals surface area contributed by atoms with Crippen molar-refractivity contribution in [3.8, 4) is 11.3 Å². The van der Waals surface area contributed by atoms with Gasteiger partial charge < -0.3 is 4.42 Å². The Morgan fingerprint density at radius 1 is 1.11 bits per heavy atom. The molecule has 19 heavy (non-hydrogen) atoms. The zero-order chi connectivity index (χ0) is 12.7. The highest BCUT2D eigenvalue weighted by atomic mass is 16.3. The number of benzene rings is 1. The van der Waals surface area contributed by atoms with Crippen molar-refractivity contribution in [1.82, 2.24) is 4.98 Å². The normalized spacial score (nSPS) is 13.7. The average Bonchev–Trinajstić information content (AvgIpc) is 2.86. The van der Waals surface area contributed by atoms with Gasteiger partial charge in [0.25, 0.3) is 0 Å². The van der Waals surface area contributed by atoms with Crippen LogP contribution in [0.1, 0.15) is 17.7 Å². The molecule has 2 heteroatoms. The van der Waals surface area contributed by atoms with E-state index in [2.05, 4.69) is 29.3 Å². The maximum atomic E-state index is 5.91. The van der Waals surface area contributed by atoms with E-state index < -0.39 is 0 Å². The smallest absolute Gasteiger partial charge is 0.134 e. The first kappa shape index (κ1) is 10.6. The summed E-state index contributed by atoms with van der Waals surface area (Å²) in [5, 5.41) is 1.19. The number of fused-ring (bicyclic) bond motifs is 3. The Hall–Kier alpha value is -2.35. The van der Waals surface area contributed by atoms with E-state index in [0.29, 0.717) is 0 Å². The highest BCUT2D eigenvalue weighted by Crippen LogP contribution is 2.33. The molecule has 0 atom stereocenters. The predicted octanol–water partition coefficient (Wildman–Crippen LogP) is 4.45. The van der Waals surface area contributed by atoms with Gasteiger partial charge in [-0.05, 0) is 36.8 Å². The zero-order valence-electron chi connectivity index (χ0n) is 10.5.